The standard InChI is InChI=1S/C19H18O4/c1-22-17-8-7-12(10-18(17)23-2)9-16(20)15-11-13-5-3-4-6-14(13)19(15)21/h3-8,10,15H,9,11H2,1-2H3. The number of carbonyl (C=O) groups is 2. The summed E-state index contributed by atoms with van der Waals surface area (Å²) >= 11 is 0. The van der Waals surface area contributed by atoms with Crippen molar-refractivity contribution in [2.24, 2.45) is 5.92 Å². The maximum atomic E-state index is 12.6. The number of hydrogen-bond donors (Lipinski definition) is 0. The normalized spacial score (nSPS) is 16.1. The average Bonchev–Trinajstić information content (AvgIpc) is 2.92. The van der Waals surface area contributed by atoms with Crippen LogP contribution in [0, 0.1) is 5.92 Å². The van der Waals surface area contributed by atoms with Gasteiger partial charge < -0.3 is 9.47 Å². The van der Waals surface area contributed by atoms with E-state index in [-0.39, 0.29) is 18.0 Å². The largest absolute Gasteiger partial charge is 0.493 e. The van der Waals surface area contributed by atoms with Gasteiger partial charge in [0.1, 0.15) is 5.78 Å². The van der Waals surface area contributed by atoms with Gasteiger partial charge in [-0.25, -0.2) is 0 Å². The zero-order chi connectivity index (χ0) is 16.4. The van der Waals surface area contributed by atoms with Crippen molar-refractivity contribution in [2.75, 3.05) is 14.2 Å². The summed E-state index contributed by atoms with van der Waals surface area (Å²) in [6, 6.07) is 12.8. The summed E-state index contributed by atoms with van der Waals surface area (Å²) in [5.41, 5.74) is 2.46. The van der Waals surface area contributed by atoms with E-state index in [1.807, 2.05) is 24.3 Å². The fourth-order valence-corrected chi connectivity index (χ4v) is 3.01. The summed E-state index contributed by atoms with van der Waals surface area (Å²) in [6.07, 6.45) is 0.714. The Labute approximate surface area is 135 Å². The third kappa shape index (κ3) is 2.84. The lowest BCUT2D eigenvalue weighted by atomic mass is 9.94. The van der Waals surface area contributed by atoms with Crippen LogP contribution in [0.3, 0.4) is 0 Å². The van der Waals surface area contributed by atoms with Crippen molar-refractivity contribution in [3.63, 3.8) is 0 Å². The number of ketones is 2. The van der Waals surface area contributed by atoms with Gasteiger partial charge in [-0.3, -0.25) is 9.59 Å². The van der Waals surface area contributed by atoms with Crippen LogP contribution in [-0.2, 0) is 17.6 Å². The SMILES string of the molecule is COc1ccc(CC(=O)C2Cc3ccccc3C2=O)cc1OC. The highest BCUT2D eigenvalue weighted by Gasteiger charge is 2.35. The molecular weight excluding hydrogens is 292 g/mol. The van der Waals surface area contributed by atoms with Crippen molar-refractivity contribution < 1.29 is 19.1 Å². The van der Waals surface area contributed by atoms with Gasteiger partial charge in [0.2, 0.25) is 0 Å². The first-order valence-corrected chi connectivity index (χ1v) is 7.49. The highest BCUT2D eigenvalue weighted by molar-refractivity contribution is 6.14. The van der Waals surface area contributed by atoms with Crippen molar-refractivity contribution in [3.05, 3.63) is 59.2 Å². The first-order valence-electron chi connectivity index (χ1n) is 7.49. The van der Waals surface area contributed by atoms with Crippen LogP contribution in [0.15, 0.2) is 42.5 Å². The molecule has 0 N–H and O–H groups in total. The van der Waals surface area contributed by atoms with E-state index in [9.17, 15) is 9.59 Å². The molecule has 1 atom stereocenters. The number of rotatable bonds is 5. The van der Waals surface area contributed by atoms with Gasteiger partial charge in [-0.15, -0.1) is 0 Å². The van der Waals surface area contributed by atoms with Gasteiger partial charge in [0, 0.05) is 12.0 Å². The average molecular weight is 310 g/mol. The molecular formula is C19H18O4. The van der Waals surface area contributed by atoms with Crippen molar-refractivity contribution in [2.45, 2.75) is 12.8 Å². The van der Waals surface area contributed by atoms with Gasteiger partial charge in [0.25, 0.3) is 0 Å². The van der Waals surface area contributed by atoms with Crippen LogP contribution in [-0.4, -0.2) is 25.8 Å². The summed E-state index contributed by atoms with van der Waals surface area (Å²) in [4.78, 5) is 24.9. The molecule has 0 fully saturated rings. The molecule has 0 heterocycles. The molecule has 23 heavy (non-hydrogen) atoms. The van der Waals surface area contributed by atoms with Crippen LogP contribution in [0.2, 0.25) is 0 Å². The fraction of sp³-hybridized carbons (Fsp3) is 0.263. The quantitative estimate of drug-likeness (QED) is 0.797. The van der Waals surface area contributed by atoms with Gasteiger partial charge in [-0.2, -0.15) is 0 Å². The van der Waals surface area contributed by atoms with E-state index in [0.717, 1.165) is 11.1 Å². The van der Waals surface area contributed by atoms with Gasteiger partial charge in [0.15, 0.2) is 17.3 Å². The highest BCUT2D eigenvalue weighted by atomic mass is 16.5. The summed E-state index contributed by atoms with van der Waals surface area (Å²) in [6.45, 7) is 0. The Morgan fingerprint density at radius 2 is 1.83 bits per heavy atom. The first kappa shape index (κ1) is 15.3. The molecule has 1 aliphatic carbocycles. The Kier molecular flexibility index (Phi) is 4.15. The van der Waals surface area contributed by atoms with Crippen molar-refractivity contribution in [3.8, 4) is 11.5 Å². The maximum Gasteiger partial charge on any atom is 0.173 e. The Bertz CT molecular complexity index is 764. The molecule has 0 radical (unpaired) electrons. The second kappa shape index (κ2) is 6.24. The molecule has 1 aliphatic rings. The molecule has 0 amide bonds. The van der Waals surface area contributed by atoms with Crippen molar-refractivity contribution in [1.82, 2.24) is 0 Å². The maximum absolute atomic E-state index is 12.6. The molecule has 118 valence electrons. The molecule has 4 heteroatoms. The van der Waals surface area contributed by atoms with Gasteiger partial charge >= 0.3 is 0 Å². The predicted molar refractivity (Wildman–Crippen MR) is 86.2 cm³/mol. The lowest BCUT2D eigenvalue weighted by molar-refractivity contribution is -0.120. The number of Topliss-reactive ketones (excluding diaryl/α,β-unsaturated/α-hetero) is 2. The first-order chi connectivity index (χ1) is 11.1. The summed E-state index contributed by atoms with van der Waals surface area (Å²) in [5, 5.41) is 0. The van der Waals surface area contributed by atoms with E-state index in [4.69, 9.17) is 9.47 Å². The number of hydrogen-bond acceptors (Lipinski definition) is 4. The van der Waals surface area contributed by atoms with Crippen LogP contribution in [0.5, 0.6) is 11.5 Å². The van der Waals surface area contributed by atoms with E-state index >= 15 is 0 Å². The molecule has 2 aromatic rings. The summed E-state index contributed by atoms with van der Waals surface area (Å²) in [5.74, 6) is 0.511. The van der Waals surface area contributed by atoms with E-state index in [1.54, 1.807) is 32.4 Å². The van der Waals surface area contributed by atoms with Crippen molar-refractivity contribution in [1.29, 1.82) is 0 Å². The number of methoxy groups -OCH3 is 2. The topological polar surface area (TPSA) is 52.6 Å². The van der Waals surface area contributed by atoms with Crippen LogP contribution >= 0.6 is 0 Å². The second-order valence-electron chi connectivity index (χ2n) is 5.61. The Hall–Kier alpha value is -2.62. The lowest BCUT2D eigenvalue weighted by Crippen LogP contribution is -2.22. The molecule has 0 aliphatic heterocycles. The van der Waals surface area contributed by atoms with E-state index in [2.05, 4.69) is 0 Å². The fourth-order valence-electron chi connectivity index (χ4n) is 3.01. The number of ether oxygens (including phenoxy) is 2. The number of benzene rings is 2. The molecule has 3 rings (SSSR count). The molecule has 1 unspecified atom stereocenters. The van der Waals surface area contributed by atoms with E-state index < -0.39 is 5.92 Å². The third-order valence-electron chi connectivity index (χ3n) is 4.24. The van der Waals surface area contributed by atoms with Gasteiger partial charge in [-0.05, 0) is 29.7 Å². The third-order valence-corrected chi connectivity index (χ3v) is 4.24. The molecule has 0 spiro atoms. The minimum Gasteiger partial charge on any atom is -0.493 e. The Morgan fingerprint density at radius 3 is 2.52 bits per heavy atom. The predicted octanol–water partition coefficient (Wildman–Crippen LogP) is 2.87. The Morgan fingerprint density at radius 1 is 1.09 bits per heavy atom. The van der Waals surface area contributed by atoms with Crippen molar-refractivity contribution >= 4 is 11.6 Å². The monoisotopic (exact) mass is 310 g/mol. The van der Waals surface area contributed by atoms with Gasteiger partial charge in [0.05, 0.1) is 20.1 Å². The lowest BCUT2D eigenvalue weighted by Gasteiger charge is -2.11. The van der Waals surface area contributed by atoms with Crippen LogP contribution in [0.25, 0.3) is 0 Å². The van der Waals surface area contributed by atoms with E-state index in [0.29, 0.717) is 23.5 Å². The molecule has 2 aromatic carbocycles. The van der Waals surface area contributed by atoms with E-state index in [1.165, 1.54) is 0 Å². The summed E-state index contributed by atoms with van der Waals surface area (Å²) in [7, 11) is 3.12. The minimum absolute atomic E-state index is 0.0570. The van der Waals surface area contributed by atoms with Crippen LogP contribution < -0.4 is 9.47 Å². The number of fused-ring (bicyclic) bond motifs is 1. The Balaban J connectivity index is 1.77. The molecule has 0 bridgehead atoms. The molecule has 4 nitrogen and oxygen atoms in total. The zero-order valence-corrected chi connectivity index (χ0v) is 13.2. The van der Waals surface area contributed by atoms with Crippen LogP contribution in [0.4, 0.5) is 0 Å². The smallest absolute Gasteiger partial charge is 0.173 e. The molecule has 0 aromatic heterocycles. The molecule has 0 saturated heterocycles. The minimum atomic E-state index is -0.569. The second-order valence-corrected chi connectivity index (χ2v) is 5.61. The zero-order valence-electron chi connectivity index (χ0n) is 13.2. The summed E-state index contributed by atoms with van der Waals surface area (Å²) < 4.78 is 10.4. The molecule has 0 saturated carbocycles. The number of carbonyl (C=O) groups excluding carboxylic acids is 2. The highest BCUT2D eigenvalue weighted by Crippen LogP contribution is 2.30. The van der Waals surface area contributed by atoms with Gasteiger partial charge in [-0.1, -0.05) is 30.3 Å². The van der Waals surface area contributed by atoms with Crippen LogP contribution in [0.1, 0.15) is 21.5 Å².